The average Bonchev–Trinajstić information content (AvgIpc) is 3.22. The maximum atomic E-state index is 4.78. The van der Waals surface area contributed by atoms with E-state index in [0.29, 0.717) is 12.5 Å². The highest BCUT2D eigenvalue weighted by Crippen LogP contribution is 2.38. The molecular formula is C26H32BN3. The molecule has 154 valence electrons. The van der Waals surface area contributed by atoms with Gasteiger partial charge < -0.3 is 9.88 Å². The zero-order chi connectivity index (χ0) is 21.3. The molecule has 1 aliphatic rings. The molecule has 1 aliphatic heterocycles. The molecule has 0 radical (unpaired) electrons. The van der Waals surface area contributed by atoms with Gasteiger partial charge in [-0.25, -0.2) is 0 Å². The lowest BCUT2D eigenvalue weighted by atomic mass is 9.40. The molecule has 0 amide bonds. The van der Waals surface area contributed by atoms with E-state index >= 15 is 0 Å². The van der Waals surface area contributed by atoms with E-state index in [1.165, 1.54) is 34.0 Å². The Bertz CT molecular complexity index is 1100. The molecule has 3 aromatic rings. The first kappa shape index (κ1) is 20.5. The number of aryl methyl sites for hydroxylation is 1. The van der Waals surface area contributed by atoms with Crippen LogP contribution in [0.2, 0.25) is 13.1 Å². The van der Waals surface area contributed by atoms with E-state index in [1.807, 2.05) is 12.3 Å². The fourth-order valence-corrected chi connectivity index (χ4v) is 4.68. The van der Waals surface area contributed by atoms with Crippen LogP contribution in [0.25, 0.3) is 10.9 Å². The van der Waals surface area contributed by atoms with Gasteiger partial charge in [-0.1, -0.05) is 51.3 Å². The van der Waals surface area contributed by atoms with Gasteiger partial charge in [0.2, 0.25) is 0 Å². The summed E-state index contributed by atoms with van der Waals surface area (Å²) in [5, 5.41) is 4.95. The van der Waals surface area contributed by atoms with Crippen molar-refractivity contribution in [2.24, 2.45) is 0 Å². The molecule has 3 nitrogen and oxygen atoms in total. The number of dihydropyridines is 1. The molecule has 0 spiro atoms. The summed E-state index contributed by atoms with van der Waals surface area (Å²) in [4.78, 5) is 4.78. The number of nitrogens with zero attached hydrogens (tertiary/aromatic N) is 2. The first-order valence-electron chi connectivity index (χ1n) is 11.1. The van der Waals surface area contributed by atoms with Gasteiger partial charge in [0.05, 0.1) is 5.69 Å². The summed E-state index contributed by atoms with van der Waals surface area (Å²) in [6.45, 7) is 13.0. The summed E-state index contributed by atoms with van der Waals surface area (Å²) in [7, 11) is 0. The van der Waals surface area contributed by atoms with Gasteiger partial charge in [0, 0.05) is 35.5 Å². The normalized spacial score (nSPS) is 16.6. The number of rotatable bonds is 6. The molecule has 3 heterocycles. The molecule has 2 atom stereocenters. The van der Waals surface area contributed by atoms with Gasteiger partial charge in [-0.3, -0.25) is 4.98 Å². The number of allylic oxidation sites excluding steroid dienone is 3. The second-order valence-electron chi connectivity index (χ2n) is 8.82. The fourth-order valence-electron chi connectivity index (χ4n) is 4.68. The summed E-state index contributed by atoms with van der Waals surface area (Å²) in [5.41, 5.74) is 5.81. The maximum absolute atomic E-state index is 4.78. The van der Waals surface area contributed by atoms with Crippen LogP contribution in [0.5, 0.6) is 0 Å². The summed E-state index contributed by atoms with van der Waals surface area (Å²) in [6.07, 6.45) is 11.8. The molecule has 0 saturated heterocycles. The van der Waals surface area contributed by atoms with Crippen LogP contribution in [0.4, 0.5) is 0 Å². The summed E-state index contributed by atoms with van der Waals surface area (Å²) < 4.78 is 2.41. The number of nitrogens with one attached hydrogen (secondary N) is 1. The quantitative estimate of drug-likeness (QED) is 0.522. The molecule has 30 heavy (non-hydrogen) atoms. The molecule has 4 heteroatoms. The van der Waals surface area contributed by atoms with Crippen LogP contribution < -0.4 is 5.32 Å². The smallest absolute Gasteiger partial charge is 0.144 e. The zero-order valence-corrected chi connectivity index (χ0v) is 18.8. The number of pyridine rings is 1. The van der Waals surface area contributed by atoms with Crippen molar-refractivity contribution in [3.8, 4) is 0 Å². The lowest BCUT2D eigenvalue weighted by molar-refractivity contribution is 0.437. The van der Waals surface area contributed by atoms with Crippen molar-refractivity contribution >= 4 is 17.6 Å². The van der Waals surface area contributed by atoms with Crippen molar-refractivity contribution in [3.63, 3.8) is 0 Å². The third-order valence-corrected chi connectivity index (χ3v) is 6.95. The van der Waals surface area contributed by atoms with Gasteiger partial charge in [0.1, 0.15) is 12.3 Å². The molecule has 0 bridgehead atoms. The third-order valence-electron chi connectivity index (χ3n) is 6.95. The Balaban J connectivity index is 1.97. The Hall–Kier alpha value is -2.75. The summed E-state index contributed by atoms with van der Waals surface area (Å²) >= 11 is 0. The van der Waals surface area contributed by atoms with Crippen LogP contribution >= 0.6 is 0 Å². The SMILES string of the molecule is CCB(C)C(C)c1cc(C)cc2c1ccn2C(C)(C1=CC=CCN1)c1ccccn1. The lowest BCUT2D eigenvalue weighted by Crippen LogP contribution is -2.40. The van der Waals surface area contributed by atoms with Crippen molar-refractivity contribution in [1.29, 1.82) is 0 Å². The topological polar surface area (TPSA) is 29.9 Å². The Morgan fingerprint density at radius 1 is 1.27 bits per heavy atom. The number of fused-ring (bicyclic) bond motifs is 1. The minimum atomic E-state index is -0.418. The van der Waals surface area contributed by atoms with E-state index in [-0.39, 0.29) is 0 Å². The van der Waals surface area contributed by atoms with Gasteiger partial charge in [-0.05, 0) is 61.1 Å². The van der Waals surface area contributed by atoms with Crippen LogP contribution in [0.1, 0.15) is 43.4 Å². The number of aromatic nitrogens is 2. The highest BCUT2D eigenvalue weighted by molar-refractivity contribution is 6.59. The van der Waals surface area contributed by atoms with Crippen molar-refractivity contribution in [2.45, 2.75) is 52.2 Å². The van der Waals surface area contributed by atoms with Crippen LogP contribution in [0.3, 0.4) is 0 Å². The molecule has 0 fully saturated rings. The van der Waals surface area contributed by atoms with Crippen molar-refractivity contribution in [1.82, 2.24) is 14.9 Å². The van der Waals surface area contributed by atoms with E-state index in [0.717, 1.165) is 12.2 Å². The summed E-state index contributed by atoms with van der Waals surface area (Å²) in [5.74, 6) is 0.518. The molecule has 4 rings (SSSR count). The van der Waals surface area contributed by atoms with Crippen LogP contribution in [-0.4, -0.2) is 22.8 Å². The van der Waals surface area contributed by atoms with Gasteiger partial charge >= 0.3 is 0 Å². The van der Waals surface area contributed by atoms with E-state index in [4.69, 9.17) is 4.98 Å². The lowest BCUT2D eigenvalue weighted by Gasteiger charge is -2.36. The minimum Gasteiger partial charge on any atom is -0.383 e. The molecule has 2 unspecified atom stereocenters. The largest absolute Gasteiger partial charge is 0.383 e. The first-order chi connectivity index (χ1) is 14.5. The standard InChI is InChI=1S/C26H32BN3/c1-6-27(5)20(3)22-17-19(2)18-23-21(22)13-16-30(23)26(4,24-11-7-9-14-28-24)25-12-8-10-15-29-25/h7-14,16-18,20,29H,6,15H2,1-5H3. The van der Waals surface area contributed by atoms with E-state index in [2.05, 4.69) is 99.2 Å². The molecule has 0 aliphatic carbocycles. The number of benzene rings is 1. The number of hydrogen-bond acceptors (Lipinski definition) is 2. The van der Waals surface area contributed by atoms with Gasteiger partial charge in [0.25, 0.3) is 0 Å². The maximum Gasteiger partial charge on any atom is 0.144 e. The monoisotopic (exact) mass is 397 g/mol. The molecule has 1 N–H and O–H groups in total. The second kappa shape index (κ2) is 8.18. The molecular weight excluding hydrogens is 365 g/mol. The Kier molecular flexibility index (Phi) is 5.59. The van der Waals surface area contributed by atoms with E-state index < -0.39 is 5.54 Å². The predicted molar refractivity (Wildman–Crippen MR) is 129 cm³/mol. The van der Waals surface area contributed by atoms with Crippen molar-refractivity contribution in [3.05, 3.63) is 89.5 Å². The Morgan fingerprint density at radius 3 is 2.77 bits per heavy atom. The Morgan fingerprint density at radius 2 is 2.10 bits per heavy atom. The minimum absolute atomic E-state index is 0.418. The van der Waals surface area contributed by atoms with Crippen LogP contribution in [-0.2, 0) is 5.54 Å². The molecule has 0 saturated carbocycles. The average molecular weight is 397 g/mol. The summed E-state index contributed by atoms with van der Waals surface area (Å²) in [6, 6.07) is 13.2. The third kappa shape index (κ3) is 3.38. The first-order valence-corrected chi connectivity index (χ1v) is 11.1. The number of hydrogen-bond donors (Lipinski definition) is 1. The molecule has 1 aromatic carbocycles. The van der Waals surface area contributed by atoms with Gasteiger partial charge in [-0.15, -0.1) is 0 Å². The van der Waals surface area contributed by atoms with Gasteiger partial charge in [-0.2, -0.15) is 0 Å². The van der Waals surface area contributed by atoms with Gasteiger partial charge in [0.15, 0.2) is 0 Å². The Labute approximate surface area is 181 Å². The van der Waals surface area contributed by atoms with Crippen LogP contribution in [0.15, 0.2) is 72.7 Å². The highest BCUT2D eigenvalue weighted by Gasteiger charge is 2.36. The predicted octanol–water partition coefficient (Wildman–Crippen LogP) is 5.94. The second-order valence-corrected chi connectivity index (χ2v) is 8.82. The van der Waals surface area contributed by atoms with Crippen molar-refractivity contribution < 1.29 is 0 Å². The highest BCUT2D eigenvalue weighted by atomic mass is 15.1. The van der Waals surface area contributed by atoms with E-state index in [9.17, 15) is 0 Å². The van der Waals surface area contributed by atoms with E-state index in [1.54, 1.807) is 0 Å². The molecule has 2 aromatic heterocycles. The van der Waals surface area contributed by atoms with Crippen LogP contribution in [0, 0.1) is 6.92 Å². The fraction of sp³-hybridized carbons (Fsp3) is 0.346. The zero-order valence-electron chi connectivity index (χ0n) is 18.8. The van der Waals surface area contributed by atoms with Crippen molar-refractivity contribution in [2.75, 3.05) is 6.54 Å².